The molecule has 0 spiro atoms. The second-order valence-electron chi connectivity index (χ2n) is 6.97. The molecule has 33 heavy (non-hydrogen) atoms. The molecular formula is C23H20FN3O5S. The van der Waals surface area contributed by atoms with Gasteiger partial charge < -0.3 is 9.47 Å². The Bertz CT molecular complexity index is 1270. The maximum atomic E-state index is 13.4. The highest BCUT2D eigenvalue weighted by molar-refractivity contribution is 7.92. The van der Waals surface area contributed by atoms with Crippen molar-refractivity contribution < 1.29 is 27.1 Å². The number of amides is 1. The largest absolute Gasteiger partial charge is 0.486 e. The van der Waals surface area contributed by atoms with Crippen molar-refractivity contribution in [2.75, 3.05) is 24.1 Å². The van der Waals surface area contributed by atoms with Gasteiger partial charge in [0.05, 0.1) is 16.8 Å². The Morgan fingerprint density at radius 3 is 2.48 bits per heavy atom. The number of hydrogen-bond donors (Lipinski definition) is 1. The van der Waals surface area contributed by atoms with E-state index in [9.17, 15) is 17.6 Å². The van der Waals surface area contributed by atoms with E-state index in [1.807, 2.05) is 0 Å². The number of nitrogens with zero attached hydrogens (tertiary/aromatic N) is 2. The first-order chi connectivity index (χ1) is 15.9. The summed E-state index contributed by atoms with van der Waals surface area (Å²) in [6, 6.07) is 17.8. The van der Waals surface area contributed by atoms with Gasteiger partial charge in [0.2, 0.25) is 0 Å². The number of anilines is 1. The second kappa shape index (κ2) is 9.70. The maximum Gasteiger partial charge on any atom is 0.264 e. The van der Waals surface area contributed by atoms with Gasteiger partial charge in [-0.1, -0.05) is 24.3 Å². The van der Waals surface area contributed by atoms with Crippen molar-refractivity contribution in [2.45, 2.75) is 4.90 Å². The highest BCUT2D eigenvalue weighted by Crippen LogP contribution is 2.32. The summed E-state index contributed by atoms with van der Waals surface area (Å²) in [7, 11) is -4.09. The second-order valence-corrected chi connectivity index (χ2v) is 8.83. The minimum absolute atomic E-state index is 0.00121. The molecule has 0 unspecified atom stereocenters. The van der Waals surface area contributed by atoms with Crippen LogP contribution >= 0.6 is 0 Å². The lowest BCUT2D eigenvalue weighted by atomic mass is 10.2. The molecular weight excluding hydrogens is 449 g/mol. The number of nitrogens with one attached hydrogen (secondary N) is 1. The van der Waals surface area contributed by atoms with Gasteiger partial charge in [-0.15, -0.1) is 0 Å². The Labute approximate surface area is 190 Å². The van der Waals surface area contributed by atoms with E-state index in [2.05, 4.69) is 10.5 Å². The predicted octanol–water partition coefficient (Wildman–Crippen LogP) is 2.94. The van der Waals surface area contributed by atoms with Crippen molar-refractivity contribution in [2.24, 2.45) is 5.10 Å². The topological polar surface area (TPSA) is 97.3 Å². The third kappa shape index (κ3) is 5.12. The summed E-state index contributed by atoms with van der Waals surface area (Å²) in [5, 5.41) is 3.92. The Hall–Kier alpha value is -3.92. The summed E-state index contributed by atoms with van der Waals surface area (Å²) in [5.74, 6) is -0.117. The van der Waals surface area contributed by atoms with Gasteiger partial charge in [0.15, 0.2) is 11.5 Å². The van der Waals surface area contributed by atoms with Gasteiger partial charge in [0, 0.05) is 5.56 Å². The number of hydrogen-bond acceptors (Lipinski definition) is 6. The van der Waals surface area contributed by atoms with Crippen LogP contribution in [0.4, 0.5) is 10.1 Å². The molecule has 10 heteroatoms. The van der Waals surface area contributed by atoms with Gasteiger partial charge in [0.1, 0.15) is 25.6 Å². The van der Waals surface area contributed by atoms with Gasteiger partial charge in [0.25, 0.3) is 15.9 Å². The molecule has 0 fully saturated rings. The molecule has 0 saturated carbocycles. The van der Waals surface area contributed by atoms with Crippen LogP contribution in [0.5, 0.6) is 11.5 Å². The molecule has 1 heterocycles. The van der Waals surface area contributed by atoms with Crippen LogP contribution in [0.15, 0.2) is 82.8 Å². The Kier molecular flexibility index (Phi) is 6.55. The molecule has 0 aromatic heterocycles. The van der Waals surface area contributed by atoms with E-state index >= 15 is 0 Å². The summed E-state index contributed by atoms with van der Waals surface area (Å²) in [6.45, 7) is 0.278. The maximum absolute atomic E-state index is 13.4. The summed E-state index contributed by atoms with van der Waals surface area (Å²) in [4.78, 5) is 12.6. The van der Waals surface area contributed by atoms with E-state index in [4.69, 9.17) is 9.47 Å². The molecule has 0 bridgehead atoms. The lowest BCUT2D eigenvalue weighted by Crippen LogP contribution is -2.39. The highest BCUT2D eigenvalue weighted by atomic mass is 32.2. The van der Waals surface area contributed by atoms with Crippen LogP contribution in [-0.4, -0.2) is 40.3 Å². The number of benzene rings is 3. The summed E-state index contributed by atoms with van der Waals surface area (Å²) >= 11 is 0. The zero-order valence-corrected chi connectivity index (χ0v) is 18.2. The molecule has 0 aliphatic carbocycles. The fourth-order valence-corrected chi connectivity index (χ4v) is 4.62. The standard InChI is InChI=1S/C23H20FN3O5S/c24-18-9-11-19(12-10-18)27(33(29,30)20-6-2-1-3-7-20)16-22(28)26-25-15-17-5-4-8-21-23(17)32-14-13-31-21/h1-12,15H,13-14,16H2,(H,26,28)/b25-15-. The Morgan fingerprint density at radius 1 is 1.00 bits per heavy atom. The number of para-hydroxylation sites is 1. The molecule has 0 radical (unpaired) electrons. The highest BCUT2D eigenvalue weighted by Gasteiger charge is 2.27. The van der Waals surface area contributed by atoms with Crippen LogP contribution in [0.1, 0.15) is 5.56 Å². The van der Waals surface area contributed by atoms with Crippen LogP contribution in [0.2, 0.25) is 0 Å². The average molecular weight is 469 g/mol. The van der Waals surface area contributed by atoms with Crippen molar-refractivity contribution in [3.05, 3.63) is 84.2 Å². The summed E-state index contributed by atoms with van der Waals surface area (Å²) < 4.78 is 51.8. The fourth-order valence-electron chi connectivity index (χ4n) is 3.18. The number of ether oxygens (including phenoxy) is 2. The molecule has 1 aliphatic heterocycles. The number of sulfonamides is 1. The fraction of sp³-hybridized carbons (Fsp3) is 0.130. The third-order valence-electron chi connectivity index (χ3n) is 4.72. The molecule has 1 N–H and O–H groups in total. The molecule has 3 aromatic rings. The quantitative estimate of drug-likeness (QED) is 0.424. The van der Waals surface area contributed by atoms with Gasteiger partial charge in [-0.3, -0.25) is 9.10 Å². The monoisotopic (exact) mass is 469 g/mol. The SMILES string of the molecule is O=C(CN(c1ccc(F)cc1)S(=O)(=O)c1ccccc1)N/N=C\c1cccc2c1OCCO2. The first-order valence-electron chi connectivity index (χ1n) is 9.99. The lowest BCUT2D eigenvalue weighted by Gasteiger charge is -2.23. The number of carbonyl (C=O) groups is 1. The van der Waals surface area contributed by atoms with Crippen LogP contribution in [0.3, 0.4) is 0 Å². The van der Waals surface area contributed by atoms with Gasteiger partial charge >= 0.3 is 0 Å². The molecule has 0 saturated heterocycles. The van der Waals surface area contributed by atoms with Crippen molar-refractivity contribution in [3.8, 4) is 11.5 Å². The van der Waals surface area contributed by atoms with E-state index in [0.717, 1.165) is 16.4 Å². The minimum Gasteiger partial charge on any atom is -0.486 e. The smallest absolute Gasteiger partial charge is 0.264 e. The number of rotatable bonds is 7. The summed E-state index contributed by atoms with van der Waals surface area (Å²) in [5.41, 5.74) is 3.06. The lowest BCUT2D eigenvalue weighted by molar-refractivity contribution is -0.119. The zero-order valence-electron chi connectivity index (χ0n) is 17.3. The first-order valence-corrected chi connectivity index (χ1v) is 11.4. The molecule has 1 aliphatic rings. The van der Waals surface area contributed by atoms with Gasteiger partial charge in [-0.05, 0) is 48.5 Å². The van der Waals surface area contributed by atoms with E-state index in [1.54, 1.807) is 36.4 Å². The zero-order chi connectivity index (χ0) is 23.3. The van der Waals surface area contributed by atoms with Crippen LogP contribution in [0.25, 0.3) is 0 Å². The summed E-state index contributed by atoms with van der Waals surface area (Å²) in [6.07, 6.45) is 1.39. The van der Waals surface area contributed by atoms with Crippen molar-refractivity contribution >= 4 is 27.8 Å². The first kappa shape index (κ1) is 22.3. The molecule has 8 nitrogen and oxygen atoms in total. The number of carbonyl (C=O) groups excluding carboxylic acids is 1. The van der Waals surface area contributed by atoms with E-state index in [0.29, 0.717) is 30.3 Å². The minimum atomic E-state index is -4.09. The molecule has 170 valence electrons. The average Bonchev–Trinajstić information content (AvgIpc) is 2.84. The van der Waals surface area contributed by atoms with Crippen molar-refractivity contribution in [1.82, 2.24) is 5.43 Å². The van der Waals surface area contributed by atoms with Crippen LogP contribution in [0, 0.1) is 5.82 Å². The third-order valence-corrected chi connectivity index (χ3v) is 6.51. The normalized spacial score (nSPS) is 13.0. The van der Waals surface area contributed by atoms with Crippen LogP contribution < -0.4 is 19.2 Å². The van der Waals surface area contributed by atoms with Gasteiger partial charge in [-0.25, -0.2) is 18.2 Å². The Morgan fingerprint density at radius 2 is 1.73 bits per heavy atom. The molecule has 4 rings (SSSR count). The van der Waals surface area contributed by atoms with E-state index in [1.165, 1.54) is 30.5 Å². The number of hydrazone groups is 1. The number of halogens is 1. The van der Waals surface area contributed by atoms with E-state index < -0.39 is 28.3 Å². The Balaban J connectivity index is 1.54. The van der Waals surface area contributed by atoms with E-state index in [-0.39, 0.29) is 10.6 Å². The predicted molar refractivity (Wildman–Crippen MR) is 121 cm³/mol. The van der Waals surface area contributed by atoms with Gasteiger partial charge in [-0.2, -0.15) is 5.10 Å². The number of fused-ring (bicyclic) bond motifs is 1. The molecule has 3 aromatic carbocycles. The van der Waals surface area contributed by atoms with Crippen molar-refractivity contribution in [1.29, 1.82) is 0 Å². The van der Waals surface area contributed by atoms with Crippen LogP contribution in [-0.2, 0) is 14.8 Å². The molecule has 1 amide bonds. The van der Waals surface area contributed by atoms with Crippen molar-refractivity contribution in [3.63, 3.8) is 0 Å². The molecule has 0 atom stereocenters.